The van der Waals surface area contributed by atoms with Crippen LogP contribution in [0.1, 0.15) is 31.9 Å². The average molecular weight is 371 g/mol. The predicted octanol–water partition coefficient (Wildman–Crippen LogP) is 4.51. The number of rotatable bonds is 8. The summed E-state index contributed by atoms with van der Waals surface area (Å²) in [6.07, 6.45) is 1.94. The van der Waals surface area contributed by atoms with E-state index in [9.17, 15) is 9.59 Å². The fraction of sp³-hybridized carbons (Fsp3) is 0.333. The summed E-state index contributed by atoms with van der Waals surface area (Å²) in [6, 6.07) is 15.6. The Morgan fingerprint density at radius 1 is 0.846 bits per heavy atom. The molecule has 2 rings (SSSR count). The van der Waals surface area contributed by atoms with Gasteiger partial charge in [0.1, 0.15) is 0 Å². The van der Waals surface area contributed by atoms with Crippen molar-refractivity contribution in [1.29, 1.82) is 0 Å². The first-order valence-electron chi connectivity index (χ1n) is 8.92. The molecule has 0 bridgehead atoms. The van der Waals surface area contributed by atoms with Gasteiger partial charge in [0, 0.05) is 11.4 Å². The van der Waals surface area contributed by atoms with Crippen molar-refractivity contribution >= 4 is 35.0 Å². The van der Waals surface area contributed by atoms with Crippen molar-refractivity contribution < 1.29 is 9.59 Å². The van der Waals surface area contributed by atoms with Gasteiger partial charge in [0.15, 0.2) is 0 Å². The molecule has 0 heterocycles. The molecule has 26 heavy (non-hydrogen) atoms. The van der Waals surface area contributed by atoms with Crippen LogP contribution in [0.4, 0.5) is 11.4 Å². The summed E-state index contributed by atoms with van der Waals surface area (Å²) in [5.41, 5.74) is 4.02. The number of thioether (sulfide) groups is 1. The predicted molar refractivity (Wildman–Crippen MR) is 111 cm³/mol. The van der Waals surface area contributed by atoms with E-state index in [1.165, 1.54) is 22.9 Å². The van der Waals surface area contributed by atoms with Gasteiger partial charge in [-0.2, -0.15) is 0 Å². The smallest absolute Gasteiger partial charge is 0.237 e. The minimum atomic E-state index is -0.311. The summed E-state index contributed by atoms with van der Waals surface area (Å²) < 4.78 is 0. The number of benzene rings is 2. The van der Waals surface area contributed by atoms with Crippen LogP contribution in [-0.2, 0) is 22.4 Å². The quantitative estimate of drug-likeness (QED) is 0.719. The van der Waals surface area contributed by atoms with Crippen LogP contribution in [-0.4, -0.2) is 22.8 Å². The molecule has 2 N–H and O–H groups in total. The number of hydrogen-bond donors (Lipinski definition) is 2. The second-order valence-electron chi connectivity index (χ2n) is 6.09. The number of anilines is 2. The molecular formula is C21H26N2O2S. The van der Waals surface area contributed by atoms with E-state index in [1.807, 2.05) is 55.5 Å². The molecule has 1 unspecified atom stereocenters. The number of aryl methyl sites for hydroxylation is 2. The van der Waals surface area contributed by atoms with E-state index >= 15 is 0 Å². The Morgan fingerprint density at radius 3 is 1.77 bits per heavy atom. The van der Waals surface area contributed by atoms with Gasteiger partial charge in [-0.15, -0.1) is 11.8 Å². The lowest BCUT2D eigenvalue weighted by Crippen LogP contribution is -2.25. The van der Waals surface area contributed by atoms with E-state index in [0.29, 0.717) is 0 Å². The highest BCUT2D eigenvalue weighted by atomic mass is 32.2. The number of carbonyl (C=O) groups excluding carboxylic acids is 2. The van der Waals surface area contributed by atoms with Gasteiger partial charge in [-0.25, -0.2) is 0 Å². The van der Waals surface area contributed by atoms with Crippen LogP contribution in [0.3, 0.4) is 0 Å². The van der Waals surface area contributed by atoms with Gasteiger partial charge < -0.3 is 10.6 Å². The molecule has 0 aromatic heterocycles. The van der Waals surface area contributed by atoms with E-state index in [2.05, 4.69) is 24.5 Å². The van der Waals surface area contributed by atoms with Crippen molar-refractivity contribution in [3.05, 3.63) is 59.7 Å². The second kappa shape index (κ2) is 10.0. The normalized spacial score (nSPS) is 11.7. The standard InChI is InChI=1S/C21H26N2O2S/c1-4-16-6-10-18(11-7-16)22-20(24)14-26-15(3)21(25)23-19-12-8-17(5-2)9-13-19/h6-13,15H,4-5,14H2,1-3H3,(H,22,24)(H,23,25). The van der Waals surface area contributed by atoms with Gasteiger partial charge in [0.05, 0.1) is 11.0 Å². The Balaban J connectivity index is 1.77. The third-order valence-electron chi connectivity index (χ3n) is 4.11. The zero-order valence-electron chi connectivity index (χ0n) is 15.5. The zero-order valence-corrected chi connectivity index (χ0v) is 16.4. The van der Waals surface area contributed by atoms with E-state index in [1.54, 1.807) is 0 Å². The monoisotopic (exact) mass is 370 g/mol. The first-order valence-corrected chi connectivity index (χ1v) is 9.97. The van der Waals surface area contributed by atoms with Crippen LogP contribution < -0.4 is 10.6 Å². The maximum absolute atomic E-state index is 12.2. The van der Waals surface area contributed by atoms with E-state index < -0.39 is 0 Å². The molecule has 0 aliphatic rings. The molecule has 4 nitrogen and oxygen atoms in total. The van der Waals surface area contributed by atoms with Crippen molar-refractivity contribution in [2.75, 3.05) is 16.4 Å². The molecule has 0 radical (unpaired) electrons. The zero-order chi connectivity index (χ0) is 18.9. The van der Waals surface area contributed by atoms with Crippen LogP contribution in [0.2, 0.25) is 0 Å². The molecule has 0 saturated heterocycles. The van der Waals surface area contributed by atoms with Gasteiger partial charge in [0.25, 0.3) is 0 Å². The molecule has 0 spiro atoms. The summed E-state index contributed by atoms with van der Waals surface area (Å²) in [7, 11) is 0. The Hall–Kier alpha value is -2.27. The lowest BCUT2D eigenvalue weighted by Gasteiger charge is -2.12. The molecule has 0 aliphatic carbocycles. The first-order chi connectivity index (χ1) is 12.5. The third kappa shape index (κ3) is 6.23. The summed E-state index contributed by atoms with van der Waals surface area (Å²) in [6.45, 7) is 5.99. The minimum Gasteiger partial charge on any atom is -0.325 e. The minimum absolute atomic E-state index is 0.0978. The van der Waals surface area contributed by atoms with Crippen LogP contribution in [0.15, 0.2) is 48.5 Å². The summed E-state index contributed by atoms with van der Waals surface area (Å²) >= 11 is 1.32. The molecular weight excluding hydrogens is 344 g/mol. The first kappa shape index (κ1) is 20.0. The number of hydrogen-bond acceptors (Lipinski definition) is 3. The van der Waals surface area contributed by atoms with Gasteiger partial charge in [0.2, 0.25) is 11.8 Å². The molecule has 1 atom stereocenters. The van der Waals surface area contributed by atoms with Crippen molar-refractivity contribution in [2.24, 2.45) is 0 Å². The van der Waals surface area contributed by atoms with Crippen molar-refractivity contribution in [3.63, 3.8) is 0 Å². The van der Waals surface area contributed by atoms with Gasteiger partial charge in [-0.3, -0.25) is 9.59 Å². The fourth-order valence-corrected chi connectivity index (χ4v) is 3.05. The van der Waals surface area contributed by atoms with Crippen LogP contribution in [0.25, 0.3) is 0 Å². The molecule has 138 valence electrons. The van der Waals surface area contributed by atoms with Gasteiger partial charge in [-0.05, 0) is 55.2 Å². The molecule has 0 saturated carbocycles. The van der Waals surface area contributed by atoms with Gasteiger partial charge >= 0.3 is 0 Å². The maximum Gasteiger partial charge on any atom is 0.237 e. The molecule has 5 heteroatoms. The second-order valence-corrected chi connectivity index (χ2v) is 7.42. The van der Waals surface area contributed by atoms with E-state index in [4.69, 9.17) is 0 Å². The summed E-state index contributed by atoms with van der Waals surface area (Å²) in [4.78, 5) is 24.3. The Bertz CT molecular complexity index is 727. The highest BCUT2D eigenvalue weighted by Gasteiger charge is 2.15. The molecule has 2 aromatic rings. The molecule has 0 aliphatic heterocycles. The number of carbonyl (C=O) groups is 2. The highest BCUT2D eigenvalue weighted by Crippen LogP contribution is 2.16. The maximum atomic E-state index is 12.2. The topological polar surface area (TPSA) is 58.2 Å². The van der Waals surface area contributed by atoms with Crippen molar-refractivity contribution in [3.8, 4) is 0 Å². The molecule has 2 aromatic carbocycles. The van der Waals surface area contributed by atoms with Gasteiger partial charge in [-0.1, -0.05) is 38.1 Å². The highest BCUT2D eigenvalue weighted by molar-refractivity contribution is 8.01. The van der Waals surface area contributed by atoms with E-state index in [-0.39, 0.29) is 22.8 Å². The number of nitrogens with one attached hydrogen (secondary N) is 2. The average Bonchev–Trinajstić information content (AvgIpc) is 2.67. The Kier molecular flexibility index (Phi) is 7.73. The van der Waals surface area contributed by atoms with Crippen LogP contribution in [0.5, 0.6) is 0 Å². The van der Waals surface area contributed by atoms with Crippen LogP contribution >= 0.6 is 11.8 Å². The summed E-state index contributed by atoms with van der Waals surface area (Å²) in [5, 5.41) is 5.43. The lowest BCUT2D eigenvalue weighted by atomic mass is 10.1. The number of amides is 2. The fourth-order valence-electron chi connectivity index (χ4n) is 2.36. The Morgan fingerprint density at radius 2 is 1.31 bits per heavy atom. The largest absolute Gasteiger partial charge is 0.325 e. The third-order valence-corrected chi connectivity index (χ3v) is 5.25. The van der Waals surface area contributed by atoms with E-state index in [0.717, 1.165) is 24.2 Å². The summed E-state index contributed by atoms with van der Waals surface area (Å²) in [5.74, 6) is 0.0318. The van der Waals surface area contributed by atoms with Crippen molar-refractivity contribution in [1.82, 2.24) is 0 Å². The molecule has 0 fully saturated rings. The Labute approximate surface area is 159 Å². The SMILES string of the molecule is CCc1ccc(NC(=O)CSC(C)C(=O)Nc2ccc(CC)cc2)cc1. The van der Waals surface area contributed by atoms with Crippen molar-refractivity contribution in [2.45, 2.75) is 38.9 Å². The molecule has 2 amide bonds. The van der Waals surface area contributed by atoms with Crippen LogP contribution in [0, 0.1) is 0 Å². The lowest BCUT2D eigenvalue weighted by molar-refractivity contribution is -0.115.